The number of methoxy groups -OCH3 is 2. The lowest BCUT2D eigenvalue weighted by Crippen LogP contribution is -2.27. The van der Waals surface area contributed by atoms with Crippen LogP contribution >= 0.6 is 63.7 Å². The molecule has 0 heterocycles. The number of unbranched alkanes of at least 4 members (excludes halogenated alkanes) is 1. The van der Waals surface area contributed by atoms with Gasteiger partial charge in [0.05, 0.1) is 17.9 Å². The third-order valence-electron chi connectivity index (χ3n) is 4.34. The zero-order chi connectivity index (χ0) is 25.1. The molecule has 0 saturated heterocycles. The van der Waals surface area contributed by atoms with Gasteiger partial charge in [0.1, 0.15) is 0 Å². The third-order valence-corrected chi connectivity index (χ3v) is 6.69. The normalized spacial score (nSPS) is 10.6. The summed E-state index contributed by atoms with van der Waals surface area (Å²) in [5.74, 6) is 0.721. The number of benzene rings is 2. The van der Waals surface area contributed by atoms with Gasteiger partial charge in [-0.25, -0.2) is 0 Å². The largest absolute Gasteiger partial charge is 0.465 e. The Kier molecular flexibility index (Phi) is 12.9. The highest BCUT2D eigenvalue weighted by atomic mass is 79.9. The summed E-state index contributed by atoms with van der Waals surface area (Å²) in [7, 11) is 3.06. The average Bonchev–Trinajstić information content (AvgIpc) is 2.79. The van der Waals surface area contributed by atoms with Crippen molar-refractivity contribution in [3.05, 3.63) is 53.3 Å². The maximum atomic E-state index is 12.4. The Morgan fingerprint density at radius 3 is 1.29 bits per heavy atom. The molecule has 0 spiro atoms. The molecule has 2 rings (SSSR count). The van der Waals surface area contributed by atoms with E-state index < -0.39 is 0 Å². The van der Waals surface area contributed by atoms with E-state index in [4.69, 9.17) is 18.9 Å². The van der Waals surface area contributed by atoms with E-state index in [2.05, 4.69) is 74.4 Å². The summed E-state index contributed by atoms with van der Waals surface area (Å²) in [6, 6.07) is 6.75. The molecule has 0 aliphatic carbocycles. The summed E-state index contributed by atoms with van der Waals surface area (Å²) in [5, 5.41) is 5.76. The summed E-state index contributed by atoms with van der Waals surface area (Å²) in [6.45, 7) is 1.16. The van der Waals surface area contributed by atoms with Gasteiger partial charge in [-0.3, -0.25) is 9.59 Å². The van der Waals surface area contributed by atoms with Crippen molar-refractivity contribution >= 4 is 75.5 Å². The molecule has 0 aliphatic rings. The lowest BCUT2D eigenvalue weighted by molar-refractivity contribution is 0.0498. The molecule has 0 aromatic heterocycles. The minimum absolute atomic E-state index is 0.0991. The number of nitrogens with one attached hydrogen (secondary N) is 2. The second kappa shape index (κ2) is 15.0. The Hall–Kier alpha value is -1.18. The Morgan fingerprint density at radius 1 is 0.676 bits per heavy atom. The van der Waals surface area contributed by atoms with Crippen LogP contribution in [0.15, 0.2) is 42.2 Å². The average molecular weight is 732 g/mol. The molecule has 2 N–H and O–H groups in total. The molecule has 0 bridgehead atoms. The number of rotatable bonds is 13. The zero-order valence-electron chi connectivity index (χ0n) is 18.5. The fourth-order valence-corrected chi connectivity index (χ4v) is 5.58. The van der Waals surface area contributed by atoms with Crippen molar-refractivity contribution in [3.63, 3.8) is 0 Å². The topological polar surface area (TPSA) is 95.1 Å². The van der Waals surface area contributed by atoms with E-state index in [1.54, 1.807) is 24.3 Å². The van der Waals surface area contributed by atoms with E-state index in [0.717, 1.165) is 0 Å². The molecule has 0 atom stereocenters. The predicted octanol–water partition coefficient (Wildman–Crippen LogP) is 5.64. The molecule has 2 aromatic carbocycles. The van der Waals surface area contributed by atoms with Crippen LogP contribution in [0.4, 0.5) is 0 Å². The van der Waals surface area contributed by atoms with Gasteiger partial charge < -0.3 is 29.6 Å². The van der Waals surface area contributed by atoms with Crippen LogP contribution < -0.4 is 20.1 Å². The van der Waals surface area contributed by atoms with Gasteiger partial charge in [0.2, 0.25) is 0 Å². The highest BCUT2D eigenvalue weighted by Gasteiger charge is 2.15. The summed E-state index contributed by atoms with van der Waals surface area (Å²) in [4.78, 5) is 24.9. The molecule has 12 heteroatoms. The van der Waals surface area contributed by atoms with E-state index in [0.29, 0.717) is 66.4 Å². The standard InChI is InChI=1S/C22H24Br4N2O6/c1-31-11-33-19-15(23)7-13(8-16(19)24)21(29)27-5-3-4-6-28-22(30)14-9-17(25)20(18(26)10-14)34-12-32-2/h7-10H,3-6,11-12H2,1-2H3,(H,27,29)(H,28,30). The molecule has 2 amide bonds. The van der Waals surface area contributed by atoms with Crippen LogP contribution in [0.3, 0.4) is 0 Å². The Morgan fingerprint density at radius 2 is 1.00 bits per heavy atom. The van der Waals surface area contributed by atoms with E-state index in [1.807, 2.05) is 0 Å². The van der Waals surface area contributed by atoms with Crippen LogP contribution in [0.2, 0.25) is 0 Å². The highest BCUT2D eigenvalue weighted by Crippen LogP contribution is 2.35. The fraction of sp³-hybridized carbons (Fsp3) is 0.364. The van der Waals surface area contributed by atoms with Gasteiger partial charge >= 0.3 is 0 Å². The first-order valence-corrected chi connectivity index (χ1v) is 13.2. The second-order valence-corrected chi connectivity index (χ2v) is 10.3. The molecule has 0 fully saturated rings. The minimum atomic E-state index is -0.200. The van der Waals surface area contributed by atoms with Crippen molar-refractivity contribution in [1.29, 1.82) is 0 Å². The minimum Gasteiger partial charge on any atom is -0.465 e. The number of amides is 2. The Balaban J connectivity index is 1.76. The maximum Gasteiger partial charge on any atom is 0.251 e. The van der Waals surface area contributed by atoms with Gasteiger partial charge in [0.15, 0.2) is 25.1 Å². The van der Waals surface area contributed by atoms with E-state index in [-0.39, 0.29) is 25.4 Å². The van der Waals surface area contributed by atoms with E-state index in [1.165, 1.54) is 14.2 Å². The first kappa shape index (κ1) is 29.1. The molecule has 2 aromatic rings. The Labute approximate surface area is 231 Å². The smallest absolute Gasteiger partial charge is 0.251 e. The molecule has 0 unspecified atom stereocenters. The SMILES string of the molecule is COCOc1c(Br)cc(C(=O)NCCCCNC(=O)c2cc(Br)c(OCOC)c(Br)c2)cc1Br. The zero-order valence-corrected chi connectivity index (χ0v) is 24.9. The molecule has 0 radical (unpaired) electrons. The summed E-state index contributed by atoms with van der Waals surface area (Å²) in [5.41, 5.74) is 0.983. The van der Waals surface area contributed by atoms with Crippen molar-refractivity contribution < 1.29 is 28.5 Å². The third kappa shape index (κ3) is 8.80. The molecule has 34 heavy (non-hydrogen) atoms. The summed E-state index contributed by atoms with van der Waals surface area (Å²) < 4.78 is 23.3. The van der Waals surface area contributed by atoms with Crippen LogP contribution in [0.5, 0.6) is 11.5 Å². The lowest BCUT2D eigenvalue weighted by atomic mass is 10.2. The lowest BCUT2D eigenvalue weighted by Gasteiger charge is -2.12. The number of hydrogen-bond donors (Lipinski definition) is 2. The molecular formula is C22H24Br4N2O6. The second-order valence-electron chi connectivity index (χ2n) is 6.86. The molecular weight excluding hydrogens is 708 g/mol. The Bertz CT molecular complexity index is 880. The number of hydrogen-bond acceptors (Lipinski definition) is 6. The van der Waals surface area contributed by atoms with Crippen LogP contribution in [0.25, 0.3) is 0 Å². The monoisotopic (exact) mass is 728 g/mol. The van der Waals surface area contributed by atoms with E-state index >= 15 is 0 Å². The molecule has 0 aliphatic heterocycles. The summed E-state index contributed by atoms with van der Waals surface area (Å²) >= 11 is 13.6. The van der Waals surface area contributed by atoms with Gasteiger partial charge in [-0.05, 0) is 101 Å². The fourth-order valence-electron chi connectivity index (χ4n) is 2.75. The predicted molar refractivity (Wildman–Crippen MR) is 143 cm³/mol. The van der Waals surface area contributed by atoms with Crippen molar-refractivity contribution in [1.82, 2.24) is 10.6 Å². The van der Waals surface area contributed by atoms with Gasteiger partial charge in [-0.1, -0.05) is 0 Å². The maximum absolute atomic E-state index is 12.4. The highest BCUT2D eigenvalue weighted by molar-refractivity contribution is 9.11. The number of carbonyl (C=O) groups excluding carboxylic acids is 2. The molecule has 8 nitrogen and oxygen atoms in total. The van der Waals surface area contributed by atoms with Crippen molar-refractivity contribution in [2.45, 2.75) is 12.8 Å². The number of ether oxygens (including phenoxy) is 4. The van der Waals surface area contributed by atoms with Crippen molar-refractivity contribution in [2.24, 2.45) is 0 Å². The van der Waals surface area contributed by atoms with Gasteiger partial charge in [0.25, 0.3) is 11.8 Å². The van der Waals surface area contributed by atoms with Gasteiger partial charge in [0, 0.05) is 38.4 Å². The van der Waals surface area contributed by atoms with Crippen LogP contribution in [0, 0.1) is 0 Å². The molecule has 0 saturated carbocycles. The van der Waals surface area contributed by atoms with Crippen LogP contribution in [-0.4, -0.2) is 52.7 Å². The van der Waals surface area contributed by atoms with E-state index in [9.17, 15) is 9.59 Å². The quantitative estimate of drug-likeness (QED) is 0.205. The van der Waals surface area contributed by atoms with Crippen LogP contribution in [-0.2, 0) is 9.47 Å². The summed E-state index contributed by atoms with van der Waals surface area (Å²) in [6.07, 6.45) is 1.42. The van der Waals surface area contributed by atoms with Gasteiger partial charge in [-0.2, -0.15) is 0 Å². The van der Waals surface area contributed by atoms with Crippen molar-refractivity contribution in [2.75, 3.05) is 40.9 Å². The first-order valence-electron chi connectivity index (χ1n) is 10.1. The molecule has 186 valence electrons. The first-order chi connectivity index (χ1) is 16.3. The van der Waals surface area contributed by atoms with Gasteiger partial charge in [-0.15, -0.1) is 0 Å². The number of halogens is 4. The number of carbonyl (C=O) groups is 2. The van der Waals surface area contributed by atoms with Crippen LogP contribution in [0.1, 0.15) is 33.6 Å². The van der Waals surface area contributed by atoms with Crippen molar-refractivity contribution in [3.8, 4) is 11.5 Å².